The maximum atomic E-state index is 12.3. The second-order valence-electron chi connectivity index (χ2n) is 5.63. The quantitative estimate of drug-likeness (QED) is 0.645. The molecule has 106 valence electrons. The number of cyclic esters (lactones) is 2. The highest BCUT2D eigenvalue weighted by Gasteiger charge is 2.31. The second kappa shape index (κ2) is 4.67. The van der Waals surface area contributed by atoms with Gasteiger partial charge in [0.05, 0.1) is 11.1 Å². The highest BCUT2D eigenvalue weighted by atomic mass is 16.6. The van der Waals surface area contributed by atoms with Gasteiger partial charge < -0.3 is 10.1 Å². The van der Waals surface area contributed by atoms with Gasteiger partial charge in [-0.1, -0.05) is 24.3 Å². The van der Waals surface area contributed by atoms with E-state index in [2.05, 4.69) is 5.32 Å². The first kappa shape index (κ1) is 12.5. The zero-order valence-corrected chi connectivity index (χ0v) is 11.5. The SMILES string of the molecule is O=C1OC(=O)c2c(C3CCNCC3)ccc3cccc1c23. The number of piperidine rings is 1. The fraction of sp³-hybridized carbons (Fsp3) is 0.294. The number of carbonyl (C=O) groups excluding carboxylic acids is 2. The Kier molecular flexibility index (Phi) is 2.79. The van der Waals surface area contributed by atoms with Crippen LogP contribution >= 0.6 is 0 Å². The van der Waals surface area contributed by atoms with Gasteiger partial charge in [-0.05, 0) is 48.9 Å². The van der Waals surface area contributed by atoms with E-state index in [4.69, 9.17) is 4.74 Å². The fourth-order valence-corrected chi connectivity index (χ4v) is 3.45. The molecule has 0 aromatic heterocycles. The van der Waals surface area contributed by atoms with E-state index in [1.54, 1.807) is 6.07 Å². The zero-order valence-electron chi connectivity index (χ0n) is 11.5. The molecule has 2 aromatic rings. The number of ether oxygens (including phenoxy) is 1. The number of esters is 2. The summed E-state index contributed by atoms with van der Waals surface area (Å²) in [6, 6.07) is 9.51. The lowest BCUT2D eigenvalue weighted by Gasteiger charge is -2.27. The molecule has 0 atom stereocenters. The number of rotatable bonds is 1. The predicted molar refractivity (Wildman–Crippen MR) is 78.5 cm³/mol. The van der Waals surface area contributed by atoms with Gasteiger partial charge in [-0.3, -0.25) is 0 Å². The monoisotopic (exact) mass is 281 g/mol. The van der Waals surface area contributed by atoms with E-state index in [1.165, 1.54) is 0 Å². The second-order valence-corrected chi connectivity index (χ2v) is 5.63. The summed E-state index contributed by atoms with van der Waals surface area (Å²) < 4.78 is 4.94. The van der Waals surface area contributed by atoms with E-state index < -0.39 is 11.9 Å². The third kappa shape index (κ3) is 1.87. The number of nitrogens with one attached hydrogen (secondary N) is 1. The molecule has 2 aliphatic heterocycles. The van der Waals surface area contributed by atoms with Crippen molar-refractivity contribution < 1.29 is 14.3 Å². The maximum Gasteiger partial charge on any atom is 0.346 e. The zero-order chi connectivity index (χ0) is 14.4. The predicted octanol–water partition coefficient (Wildman–Crippen LogP) is 2.62. The van der Waals surface area contributed by atoms with E-state index in [0.29, 0.717) is 17.0 Å². The molecule has 1 saturated heterocycles. The Bertz CT molecular complexity index is 760. The minimum atomic E-state index is -0.541. The van der Waals surface area contributed by atoms with Crippen LogP contribution < -0.4 is 5.32 Å². The number of carbonyl (C=O) groups is 2. The molecule has 2 aliphatic rings. The van der Waals surface area contributed by atoms with Crippen LogP contribution in [0.25, 0.3) is 10.8 Å². The summed E-state index contributed by atoms with van der Waals surface area (Å²) in [6.07, 6.45) is 2.00. The normalized spacial score (nSPS) is 18.9. The first-order valence-electron chi connectivity index (χ1n) is 7.28. The number of hydrogen-bond donors (Lipinski definition) is 1. The van der Waals surface area contributed by atoms with Crippen molar-refractivity contribution in [2.24, 2.45) is 0 Å². The van der Waals surface area contributed by atoms with E-state index >= 15 is 0 Å². The average Bonchev–Trinajstić information content (AvgIpc) is 2.53. The Hall–Kier alpha value is -2.20. The van der Waals surface area contributed by atoms with Crippen LogP contribution in [-0.4, -0.2) is 25.0 Å². The van der Waals surface area contributed by atoms with E-state index in [-0.39, 0.29) is 0 Å². The maximum absolute atomic E-state index is 12.3. The summed E-state index contributed by atoms with van der Waals surface area (Å²) >= 11 is 0. The third-order valence-corrected chi connectivity index (χ3v) is 4.47. The highest BCUT2D eigenvalue weighted by Crippen LogP contribution is 2.36. The van der Waals surface area contributed by atoms with Crippen molar-refractivity contribution in [3.05, 3.63) is 47.0 Å². The van der Waals surface area contributed by atoms with Crippen molar-refractivity contribution >= 4 is 22.7 Å². The molecule has 2 aromatic carbocycles. The molecule has 2 heterocycles. The average molecular weight is 281 g/mol. The van der Waals surface area contributed by atoms with Crippen molar-refractivity contribution in [2.75, 3.05) is 13.1 Å². The van der Waals surface area contributed by atoms with Crippen LogP contribution in [-0.2, 0) is 4.74 Å². The Labute approximate surface area is 122 Å². The molecule has 0 unspecified atom stereocenters. The van der Waals surface area contributed by atoms with Gasteiger partial charge in [0.15, 0.2) is 0 Å². The molecule has 0 bridgehead atoms. The highest BCUT2D eigenvalue weighted by molar-refractivity contribution is 6.21. The summed E-state index contributed by atoms with van der Waals surface area (Å²) in [5.74, 6) is -0.696. The molecule has 1 N–H and O–H groups in total. The Morgan fingerprint density at radius 1 is 1.00 bits per heavy atom. The molecular weight excluding hydrogens is 266 g/mol. The van der Waals surface area contributed by atoms with E-state index in [0.717, 1.165) is 42.3 Å². The first-order chi connectivity index (χ1) is 10.3. The largest absolute Gasteiger partial charge is 0.386 e. The molecule has 4 rings (SSSR count). The van der Waals surface area contributed by atoms with Crippen molar-refractivity contribution in [3.63, 3.8) is 0 Å². The topological polar surface area (TPSA) is 55.4 Å². The van der Waals surface area contributed by atoms with Gasteiger partial charge in [-0.25, -0.2) is 9.59 Å². The van der Waals surface area contributed by atoms with E-state index in [1.807, 2.05) is 24.3 Å². The standard InChI is InChI=1S/C17H15NO3/c19-16-13-3-1-2-11-4-5-12(10-6-8-18-9-7-10)15(14(11)13)17(20)21-16/h1-5,10,18H,6-9H2. The molecule has 1 fully saturated rings. The van der Waals surface area contributed by atoms with Crippen LogP contribution in [0.1, 0.15) is 45.0 Å². The lowest BCUT2D eigenvalue weighted by Crippen LogP contribution is -2.28. The van der Waals surface area contributed by atoms with Crippen molar-refractivity contribution in [1.29, 1.82) is 0 Å². The van der Waals surface area contributed by atoms with Gasteiger partial charge >= 0.3 is 11.9 Å². The Morgan fingerprint density at radius 2 is 1.81 bits per heavy atom. The third-order valence-electron chi connectivity index (χ3n) is 4.47. The van der Waals surface area contributed by atoms with Crippen LogP contribution in [0.3, 0.4) is 0 Å². The molecule has 0 aliphatic carbocycles. The molecule has 4 nitrogen and oxygen atoms in total. The summed E-state index contributed by atoms with van der Waals surface area (Å²) in [6.45, 7) is 1.91. The Morgan fingerprint density at radius 3 is 2.62 bits per heavy atom. The molecular formula is C17H15NO3. The van der Waals surface area contributed by atoms with Crippen LogP contribution in [0.4, 0.5) is 0 Å². The van der Waals surface area contributed by atoms with Gasteiger partial charge in [0.1, 0.15) is 0 Å². The first-order valence-corrected chi connectivity index (χ1v) is 7.28. The van der Waals surface area contributed by atoms with Crippen molar-refractivity contribution in [2.45, 2.75) is 18.8 Å². The number of hydrogen-bond acceptors (Lipinski definition) is 4. The van der Waals surface area contributed by atoms with Gasteiger partial charge in [0.25, 0.3) is 0 Å². The van der Waals surface area contributed by atoms with Gasteiger partial charge in [-0.15, -0.1) is 0 Å². The molecule has 0 amide bonds. The fourth-order valence-electron chi connectivity index (χ4n) is 3.45. The van der Waals surface area contributed by atoms with Crippen molar-refractivity contribution in [1.82, 2.24) is 5.32 Å². The smallest absolute Gasteiger partial charge is 0.346 e. The van der Waals surface area contributed by atoms with Crippen LogP contribution in [0.15, 0.2) is 30.3 Å². The lowest BCUT2D eigenvalue weighted by atomic mass is 9.83. The molecule has 0 saturated carbocycles. The summed E-state index contributed by atoms with van der Waals surface area (Å²) in [5, 5.41) is 5.01. The van der Waals surface area contributed by atoms with Gasteiger partial charge in [0, 0.05) is 5.39 Å². The summed E-state index contributed by atoms with van der Waals surface area (Å²) in [4.78, 5) is 24.2. The molecule has 4 heteroatoms. The minimum Gasteiger partial charge on any atom is -0.386 e. The summed E-state index contributed by atoms with van der Waals surface area (Å²) in [5.41, 5.74) is 2.11. The molecule has 21 heavy (non-hydrogen) atoms. The van der Waals surface area contributed by atoms with Gasteiger partial charge in [-0.2, -0.15) is 0 Å². The van der Waals surface area contributed by atoms with E-state index in [9.17, 15) is 9.59 Å². The minimum absolute atomic E-state index is 0.347. The van der Waals surface area contributed by atoms with Crippen LogP contribution in [0.2, 0.25) is 0 Å². The van der Waals surface area contributed by atoms with Crippen LogP contribution in [0, 0.1) is 0 Å². The van der Waals surface area contributed by atoms with Crippen LogP contribution in [0.5, 0.6) is 0 Å². The summed E-state index contributed by atoms with van der Waals surface area (Å²) in [7, 11) is 0. The molecule has 0 spiro atoms. The number of benzene rings is 2. The Balaban J connectivity index is 2.00. The van der Waals surface area contributed by atoms with Gasteiger partial charge in [0.2, 0.25) is 0 Å². The molecule has 0 radical (unpaired) electrons. The lowest BCUT2D eigenvalue weighted by molar-refractivity contribution is 0.0390. The van der Waals surface area contributed by atoms with Crippen molar-refractivity contribution in [3.8, 4) is 0 Å².